The average Bonchev–Trinajstić information content (AvgIpc) is 2.76. The van der Waals surface area contributed by atoms with Crippen molar-refractivity contribution in [1.82, 2.24) is 9.55 Å². The number of aliphatic hydroxyl groups excluding tert-OH is 1. The van der Waals surface area contributed by atoms with Crippen molar-refractivity contribution in [2.45, 2.75) is 6.61 Å². The van der Waals surface area contributed by atoms with Gasteiger partial charge in [0.15, 0.2) is 0 Å². The van der Waals surface area contributed by atoms with E-state index in [1.165, 1.54) is 0 Å². The third-order valence-electron chi connectivity index (χ3n) is 3.05. The van der Waals surface area contributed by atoms with Crippen LogP contribution in [0.2, 0.25) is 0 Å². The first-order chi connectivity index (χ1) is 9.61. The van der Waals surface area contributed by atoms with Crippen LogP contribution in [0.25, 0.3) is 16.7 Å². The first kappa shape index (κ1) is 13.6. The number of aromatic nitrogens is 2. The van der Waals surface area contributed by atoms with Crippen molar-refractivity contribution >= 4 is 48.6 Å². The molecule has 0 bridgehead atoms. The van der Waals surface area contributed by atoms with Gasteiger partial charge in [-0.05, 0) is 62.2 Å². The maximum Gasteiger partial charge on any atom is 0.140 e. The van der Waals surface area contributed by atoms with Gasteiger partial charge in [0.1, 0.15) is 12.4 Å². The number of hydrogen-bond donors (Lipinski definition) is 2. The number of para-hydroxylation sites is 1. The zero-order valence-corrected chi connectivity index (χ0v) is 13.5. The highest BCUT2D eigenvalue weighted by molar-refractivity contribution is 9.11. The monoisotopic (exact) mass is 395 g/mol. The molecule has 3 N–H and O–H groups in total. The molecular weight excluding hydrogens is 386 g/mol. The normalized spacial score (nSPS) is 11.2. The lowest BCUT2D eigenvalue weighted by atomic mass is 10.2. The molecule has 20 heavy (non-hydrogen) atoms. The van der Waals surface area contributed by atoms with E-state index >= 15 is 0 Å². The number of hydrogen-bond acceptors (Lipinski definition) is 3. The molecule has 4 nitrogen and oxygen atoms in total. The lowest BCUT2D eigenvalue weighted by Crippen LogP contribution is -2.03. The fourth-order valence-corrected chi connectivity index (χ4v) is 3.56. The van der Waals surface area contributed by atoms with E-state index in [-0.39, 0.29) is 6.61 Å². The van der Waals surface area contributed by atoms with E-state index in [4.69, 9.17) is 5.73 Å². The first-order valence-corrected chi connectivity index (χ1v) is 7.52. The number of rotatable bonds is 2. The topological polar surface area (TPSA) is 64.1 Å². The molecule has 1 heterocycles. The minimum absolute atomic E-state index is 0.150. The Morgan fingerprint density at radius 1 is 1.15 bits per heavy atom. The van der Waals surface area contributed by atoms with Crippen molar-refractivity contribution in [3.05, 3.63) is 51.2 Å². The van der Waals surface area contributed by atoms with Gasteiger partial charge in [-0.15, -0.1) is 0 Å². The fourth-order valence-electron chi connectivity index (χ4n) is 2.21. The Labute approximate surface area is 132 Å². The number of aliphatic hydroxyl groups is 1. The van der Waals surface area contributed by atoms with Crippen molar-refractivity contribution in [3.8, 4) is 5.69 Å². The molecule has 102 valence electrons. The quantitative estimate of drug-likeness (QED) is 0.650. The summed E-state index contributed by atoms with van der Waals surface area (Å²) in [6, 6.07) is 11.4. The molecule has 0 radical (unpaired) electrons. The SMILES string of the molecule is Nc1ccc2c(c1)nc(CO)n2-c1c(Br)cccc1Br. The van der Waals surface area contributed by atoms with Crippen LogP contribution in [0.4, 0.5) is 5.69 Å². The zero-order valence-electron chi connectivity index (χ0n) is 10.3. The number of imidazole rings is 1. The molecule has 3 rings (SSSR count). The standard InChI is InChI=1S/C14H11Br2N3O/c15-9-2-1-3-10(16)14(9)19-12-5-4-8(17)6-11(12)18-13(19)7-20/h1-6,20H,7,17H2. The smallest absolute Gasteiger partial charge is 0.140 e. The molecular formula is C14H11Br2N3O. The molecule has 0 aliphatic rings. The van der Waals surface area contributed by atoms with E-state index in [0.29, 0.717) is 11.5 Å². The Morgan fingerprint density at radius 3 is 2.50 bits per heavy atom. The molecule has 1 aromatic heterocycles. The molecule has 6 heteroatoms. The van der Waals surface area contributed by atoms with Crippen LogP contribution in [-0.4, -0.2) is 14.7 Å². The van der Waals surface area contributed by atoms with E-state index in [9.17, 15) is 5.11 Å². The summed E-state index contributed by atoms with van der Waals surface area (Å²) in [5.74, 6) is 0.568. The van der Waals surface area contributed by atoms with Crippen LogP contribution in [0, 0.1) is 0 Å². The summed E-state index contributed by atoms with van der Waals surface area (Å²) >= 11 is 7.09. The maximum atomic E-state index is 9.59. The summed E-state index contributed by atoms with van der Waals surface area (Å²) < 4.78 is 3.75. The summed E-state index contributed by atoms with van der Waals surface area (Å²) in [5.41, 5.74) is 9.01. The first-order valence-electron chi connectivity index (χ1n) is 5.94. The van der Waals surface area contributed by atoms with Crippen LogP contribution in [0.1, 0.15) is 5.82 Å². The van der Waals surface area contributed by atoms with E-state index in [1.807, 2.05) is 34.9 Å². The summed E-state index contributed by atoms with van der Waals surface area (Å²) in [4.78, 5) is 4.44. The van der Waals surface area contributed by atoms with Crippen molar-refractivity contribution < 1.29 is 5.11 Å². The fraction of sp³-hybridized carbons (Fsp3) is 0.0714. The molecule has 2 aromatic carbocycles. The number of halogens is 2. The number of anilines is 1. The van der Waals surface area contributed by atoms with E-state index in [1.54, 1.807) is 6.07 Å². The van der Waals surface area contributed by atoms with E-state index < -0.39 is 0 Å². The maximum absolute atomic E-state index is 9.59. The molecule has 0 unspecified atom stereocenters. The summed E-state index contributed by atoms with van der Waals surface area (Å²) in [5, 5.41) is 9.59. The van der Waals surface area contributed by atoms with Gasteiger partial charge in [0, 0.05) is 14.6 Å². The molecule has 0 fully saturated rings. The third kappa shape index (κ3) is 2.13. The second-order valence-corrected chi connectivity index (χ2v) is 6.05. The Hall–Kier alpha value is -1.37. The van der Waals surface area contributed by atoms with Gasteiger partial charge in [0.2, 0.25) is 0 Å². The van der Waals surface area contributed by atoms with Crippen molar-refractivity contribution in [2.24, 2.45) is 0 Å². The number of fused-ring (bicyclic) bond motifs is 1. The highest BCUT2D eigenvalue weighted by atomic mass is 79.9. The lowest BCUT2D eigenvalue weighted by molar-refractivity contribution is 0.270. The molecule has 0 aliphatic heterocycles. The zero-order chi connectivity index (χ0) is 14.3. The predicted molar refractivity (Wildman–Crippen MR) is 86.8 cm³/mol. The van der Waals surface area contributed by atoms with Crippen molar-refractivity contribution in [1.29, 1.82) is 0 Å². The predicted octanol–water partition coefficient (Wildman–Crippen LogP) is 3.63. The van der Waals surface area contributed by atoms with Gasteiger partial charge in [0.05, 0.1) is 16.7 Å². The number of nitrogens with zero attached hydrogens (tertiary/aromatic N) is 2. The minimum atomic E-state index is -0.150. The number of nitrogens with two attached hydrogens (primary N) is 1. The molecule has 0 saturated heterocycles. The van der Waals surface area contributed by atoms with Crippen LogP contribution in [0.15, 0.2) is 45.3 Å². The van der Waals surface area contributed by atoms with Crippen LogP contribution >= 0.6 is 31.9 Å². The molecule has 0 aliphatic carbocycles. The second kappa shape index (κ2) is 5.20. The highest BCUT2D eigenvalue weighted by Crippen LogP contribution is 2.33. The van der Waals surface area contributed by atoms with Crippen LogP contribution in [-0.2, 0) is 6.61 Å². The Morgan fingerprint density at radius 2 is 1.85 bits per heavy atom. The van der Waals surface area contributed by atoms with Crippen LogP contribution < -0.4 is 5.73 Å². The number of benzene rings is 2. The summed E-state index contributed by atoms with van der Waals surface area (Å²) in [7, 11) is 0. The summed E-state index contributed by atoms with van der Waals surface area (Å²) in [6.45, 7) is -0.150. The van der Waals surface area contributed by atoms with Crippen LogP contribution in [0.5, 0.6) is 0 Å². The molecule has 0 saturated carbocycles. The Bertz CT molecular complexity index is 778. The largest absolute Gasteiger partial charge is 0.399 e. The average molecular weight is 397 g/mol. The second-order valence-electron chi connectivity index (χ2n) is 4.34. The Kier molecular flexibility index (Phi) is 3.54. The van der Waals surface area contributed by atoms with Gasteiger partial charge in [-0.3, -0.25) is 4.57 Å². The van der Waals surface area contributed by atoms with Gasteiger partial charge in [-0.25, -0.2) is 4.98 Å². The van der Waals surface area contributed by atoms with Gasteiger partial charge in [0.25, 0.3) is 0 Å². The molecule has 3 aromatic rings. The summed E-state index contributed by atoms with van der Waals surface area (Å²) in [6.07, 6.45) is 0. The molecule has 0 atom stereocenters. The van der Waals surface area contributed by atoms with E-state index in [0.717, 1.165) is 25.7 Å². The van der Waals surface area contributed by atoms with E-state index in [2.05, 4.69) is 36.8 Å². The molecule has 0 amide bonds. The van der Waals surface area contributed by atoms with Crippen LogP contribution in [0.3, 0.4) is 0 Å². The van der Waals surface area contributed by atoms with Crippen molar-refractivity contribution in [2.75, 3.05) is 5.73 Å². The Balaban J connectivity index is 2.40. The lowest BCUT2D eigenvalue weighted by Gasteiger charge is -2.12. The minimum Gasteiger partial charge on any atom is -0.399 e. The van der Waals surface area contributed by atoms with Gasteiger partial charge in [-0.2, -0.15) is 0 Å². The van der Waals surface area contributed by atoms with Gasteiger partial charge in [-0.1, -0.05) is 6.07 Å². The molecule has 0 spiro atoms. The van der Waals surface area contributed by atoms with Crippen molar-refractivity contribution in [3.63, 3.8) is 0 Å². The number of nitrogen functional groups attached to an aromatic ring is 1. The highest BCUT2D eigenvalue weighted by Gasteiger charge is 2.16. The third-order valence-corrected chi connectivity index (χ3v) is 4.33. The van der Waals surface area contributed by atoms with Gasteiger partial charge >= 0.3 is 0 Å². The van der Waals surface area contributed by atoms with Gasteiger partial charge < -0.3 is 10.8 Å².